The second kappa shape index (κ2) is 5.67. The lowest BCUT2D eigenvalue weighted by Crippen LogP contribution is -2.39. The highest BCUT2D eigenvalue weighted by atomic mass is 32.1. The third kappa shape index (κ3) is 2.77. The van der Waals surface area contributed by atoms with Crippen LogP contribution >= 0.6 is 12.2 Å². The molecule has 1 aliphatic heterocycles. The number of nitrogens with zero attached hydrogens (tertiary/aromatic N) is 1. The predicted octanol–water partition coefficient (Wildman–Crippen LogP) is 1.71. The van der Waals surface area contributed by atoms with Crippen LogP contribution in [0.2, 0.25) is 0 Å². The molecule has 2 atom stereocenters. The minimum Gasteiger partial charge on any atom is -0.389 e. The molecule has 1 aromatic rings. The zero-order valence-corrected chi connectivity index (χ0v) is 11.9. The van der Waals surface area contributed by atoms with E-state index in [-0.39, 0.29) is 22.9 Å². The Morgan fingerprint density at radius 2 is 2.16 bits per heavy atom. The molecule has 1 fully saturated rings. The van der Waals surface area contributed by atoms with E-state index in [1.54, 1.807) is 11.9 Å². The number of rotatable bonds is 3. The molecule has 4 nitrogen and oxygen atoms in total. The molecule has 0 aliphatic carbocycles. The van der Waals surface area contributed by atoms with E-state index >= 15 is 0 Å². The second-order valence-electron chi connectivity index (χ2n) is 4.84. The first-order valence-electron chi connectivity index (χ1n) is 6.30. The molecule has 0 bridgehead atoms. The van der Waals surface area contributed by atoms with Crippen LogP contribution in [0.25, 0.3) is 0 Å². The van der Waals surface area contributed by atoms with E-state index in [0.29, 0.717) is 12.2 Å². The van der Waals surface area contributed by atoms with Crippen molar-refractivity contribution >= 4 is 28.8 Å². The Balaban J connectivity index is 2.26. The van der Waals surface area contributed by atoms with Gasteiger partial charge in [-0.1, -0.05) is 31.3 Å². The molecule has 1 saturated heterocycles. The molecule has 1 aromatic carbocycles. The van der Waals surface area contributed by atoms with Gasteiger partial charge in [0.2, 0.25) is 0 Å². The van der Waals surface area contributed by atoms with Crippen LogP contribution in [-0.4, -0.2) is 30.7 Å². The predicted molar refractivity (Wildman–Crippen MR) is 79.3 cm³/mol. The second-order valence-corrected chi connectivity index (χ2v) is 5.28. The van der Waals surface area contributed by atoms with Crippen LogP contribution in [0.3, 0.4) is 0 Å². The van der Waals surface area contributed by atoms with E-state index < -0.39 is 0 Å². The van der Waals surface area contributed by atoms with Crippen molar-refractivity contribution in [3.63, 3.8) is 0 Å². The molecule has 1 amide bonds. The topological polar surface area (TPSA) is 55.6 Å². The largest absolute Gasteiger partial charge is 0.389 e. The highest BCUT2D eigenvalue weighted by Gasteiger charge is 2.33. The summed E-state index contributed by atoms with van der Waals surface area (Å²) in [7, 11) is 1.73. The number of amides is 1. The number of thiocarbonyl (C=S) groups is 1. The van der Waals surface area contributed by atoms with Crippen LogP contribution in [0.15, 0.2) is 24.3 Å². The van der Waals surface area contributed by atoms with E-state index in [0.717, 1.165) is 12.1 Å². The average Bonchev–Trinajstić information content (AvgIpc) is 2.83. The molecular formula is C14H18N2O2S. The van der Waals surface area contributed by atoms with E-state index in [9.17, 15) is 4.79 Å². The van der Waals surface area contributed by atoms with Crippen molar-refractivity contribution in [2.45, 2.75) is 19.4 Å². The summed E-state index contributed by atoms with van der Waals surface area (Å²) in [5.41, 5.74) is 7.13. The number of hydrogen-bond donors (Lipinski definition) is 1. The maximum absolute atomic E-state index is 12.4. The molecule has 2 unspecified atom stereocenters. The quantitative estimate of drug-likeness (QED) is 0.855. The van der Waals surface area contributed by atoms with Gasteiger partial charge in [-0.2, -0.15) is 0 Å². The molecule has 2 N–H and O–H groups in total. The van der Waals surface area contributed by atoms with Gasteiger partial charge in [-0.3, -0.25) is 4.79 Å². The van der Waals surface area contributed by atoms with Crippen LogP contribution < -0.4 is 10.6 Å². The number of carbonyl (C=O) groups excluding carboxylic acids is 1. The molecule has 0 saturated carbocycles. The SMILES string of the molecule is CC1CCOC1C(=O)N(C)c1ccccc1C(N)=S. The van der Waals surface area contributed by atoms with Gasteiger partial charge in [0, 0.05) is 19.2 Å². The fraction of sp³-hybridized carbons (Fsp3) is 0.429. The third-order valence-electron chi connectivity index (χ3n) is 3.49. The van der Waals surface area contributed by atoms with Crippen LogP contribution in [0, 0.1) is 5.92 Å². The Hall–Kier alpha value is -1.46. The van der Waals surface area contributed by atoms with Crippen molar-refractivity contribution in [2.75, 3.05) is 18.6 Å². The summed E-state index contributed by atoms with van der Waals surface area (Å²) in [6.45, 7) is 2.67. The zero-order chi connectivity index (χ0) is 14.0. The number of ether oxygens (including phenoxy) is 1. The fourth-order valence-electron chi connectivity index (χ4n) is 2.30. The van der Waals surface area contributed by atoms with E-state index in [1.807, 2.05) is 31.2 Å². The Labute approximate surface area is 118 Å². The van der Waals surface area contributed by atoms with Crippen LogP contribution in [0.1, 0.15) is 18.9 Å². The Morgan fingerprint density at radius 1 is 1.47 bits per heavy atom. The number of para-hydroxylation sites is 1. The Bertz CT molecular complexity index is 504. The number of likely N-dealkylation sites (N-methyl/N-ethyl adjacent to an activating group) is 1. The van der Waals surface area contributed by atoms with Crippen molar-refractivity contribution in [1.29, 1.82) is 0 Å². The normalized spacial score (nSPS) is 22.2. The minimum absolute atomic E-state index is 0.0475. The van der Waals surface area contributed by atoms with E-state index in [1.165, 1.54) is 0 Å². The Morgan fingerprint density at radius 3 is 2.74 bits per heavy atom. The number of anilines is 1. The summed E-state index contributed by atoms with van der Waals surface area (Å²) in [5.74, 6) is 0.195. The van der Waals surface area contributed by atoms with Crippen LogP contribution in [-0.2, 0) is 9.53 Å². The average molecular weight is 278 g/mol. The lowest BCUT2D eigenvalue weighted by molar-refractivity contribution is -0.128. The monoisotopic (exact) mass is 278 g/mol. The number of hydrogen-bond acceptors (Lipinski definition) is 3. The van der Waals surface area contributed by atoms with E-state index in [2.05, 4.69) is 0 Å². The molecular weight excluding hydrogens is 260 g/mol. The van der Waals surface area contributed by atoms with Gasteiger partial charge >= 0.3 is 0 Å². The van der Waals surface area contributed by atoms with Crippen molar-refractivity contribution in [2.24, 2.45) is 11.7 Å². The lowest BCUT2D eigenvalue weighted by atomic mass is 10.0. The fourth-order valence-corrected chi connectivity index (χ4v) is 2.47. The zero-order valence-electron chi connectivity index (χ0n) is 11.1. The summed E-state index contributed by atoms with van der Waals surface area (Å²) in [5, 5.41) is 0. The number of nitrogens with two attached hydrogens (primary N) is 1. The van der Waals surface area contributed by atoms with Crippen molar-refractivity contribution in [1.82, 2.24) is 0 Å². The first-order valence-corrected chi connectivity index (χ1v) is 6.71. The molecule has 0 radical (unpaired) electrons. The molecule has 5 heteroatoms. The number of carbonyl (C=O) groups is 1. The van der Waals surface area contributed by atoms with Gasteiger partial charge in [0.15, 0.2) is 0 Å². The number of benzene rings is 1. The Kier molecular flexibility index (Phi) is 4.17. The first-order chi connectivity index (χ1) is 9.02. The summed E-state index contributed by atoms with van der Waals surface area (Å²) >= 11 is 5.02. The summed E-state index contributed by atoms with van der Waals surface area (Å²) in [4.78, 5) is 14.3. The lowest BCUT2D eigenvalue weighted by Gasteiger charge is -2.24. The van der Waals surface area contributed by atoms with Gasteiger partial charge in [-0.15, -0.1) is 0 Å². The van der Waals surface area contributed by atoms with Crippen molar-refractivity contribution in [3.8, 4) is 0 Å². The summed E-state index contributed by atoms with van der Waals surface area (Å²) < 4.78 is 5.51. The third-order valence-corrected chi connectivity index (χ3v) is 3.71. The molecule has 19 heavy (non-hydrogen) atoms. The highest BCUT2D eigenvalue weighted by Crippen LogP contribution is 2.25. The molecule has 2 rings (SSSR count). The van der Waals surface area contributed by atoms with Gasteiger partial charge in [0.25, 0.3) is 5.91 Å². The first kappa shape index (κ1) is 14.0. The summed E-state index contributed by atoms with van der Waals surface area (Å²) in [6.07, 6.45) is 0.547. The molecule has 0 aromatic heterocycles. The van der Waals surface area contributed by atoms with Gasteiger partial charge < -0.3 is 15.4 Å². The van der Waals surface area contributed by atoms with Gasteiger partial charge in [-0.05, 0) is 24.5 Å². The molecule has 1 aliphatic rings. The molecule has 102 valence electrons. The van der Waals surface area contributed by atoms with Crippen LogP contribution in [0.5, 0.6) is 0 Å². The van der Waals surface area contributed by atoms with Gasteiger partial charge in [-0.25, -0.2) is 0 Å². The van der Waals surface area contributed by atoms with Crippen LogP contribution in [0.4, 0.5) is 5.69 Å². The van der Waals surface area contributed by atoms with Gasteiger partial charge in [0.1, 0.15) is 11.1 Å². The van der Waals surface area contributed by atoms with Gasteiger partial charge in [0.05, 0.1) is 5.69 Å². The standard InChI is InChI=1S/C14H18N2O2S/c1-9-7-8-18-12(9)14(17)16(2)11-6-4-3-5-10(11)13(15)19/h3-6,9,12H,7-8H2,1-2H3,(H2,15,19). The highest BCUT2D eigenvalue weighted by molar-refractivity contribution is 7.80. The molecule has 0 spiro atoms. The van der Waals surface area contributed by atoms with E-state index in [4.69, 9.17) is 22.7 Å². The molecule has 1 heterocycles. The maximum atomic E-state index is 12.4. The summed E-state index contributed by atoms with van der Waals surface area (Å²) in [6, 6.07) is 7.37. The van der Waals surface area contributed by atoms with Crippen molar-refractivity contribution in [3.05, 3.63) is 29.8 Å². The minimum atomic E-state index is -0.371. The maximum Gasteiger partial charge on any atom is 0.256 e. The van der Waals surface area contributed by atoms with Crippen molar-refractivity contribution < 1.29 is 9.53 Å². The smallest absolute Gasteiger partial charge is 0.256 e.